The average Bonchev–Trinajstić information content (AvgIpc) is 3.56. The summed E-state index contributed by atoms with van der Waals surface area (Å²) < 4.78 is 32.2. The largest absolute Gasteiger partial charge is 0.462 e. The molecule has 0 aromatic heterocycles. The molecule has 5 aliphatic heterocycles. The summed E-state index contributed by atoms with van der Waals surface area (Å²) in [6, 6.07) is 0. The predicted molar refractivity (Wildman–Crippen MR) is 175 cm³/mol. The molecule has 1 saturated carbocycles. The Kier molecular flexibility index (Phi) is 9.43. The zero-order chi connectivity index (χ0) is 33.9. The third kappa shape index (κ3) is 6.30. The van der Waals surface area contributed by atoms with E-state index in [-0.39, 0.29) is 37.1 Å². The molecule has 2 bridgehead atoms. The second kappa shape index (κ2) is 12.8. The van der Waals surface area contributed by atoms with Gasteiger partial charge in [-0.05, 0) is 56.6 Å². The van der Waals surface area contributed by atoms with Gasteiger partial charge in [0.2, 0.25) is 0 Å². The monoisotopic (exact) mass is 655 g/mol. The van der Waals surface area contributed by atoms with Crippen LogP contribution in [0.1, 0.15) is 80.6 Å². The summed E-state index contributed by atoms with van der Waals surface area (Å²) >= 11 is 0. The van der Waals surface area contributed by atoms with Gasteiger partial charge in [0.1, 0.15) is 48.6 Å². The Morgan fingerprint density at radius 3 is 2.66 bits per heavy atom. The molecular weight excluding hydrogens is 602 g/mol. The maximum Gasteiger partial charge on any atom is 0.315 e. The Bertz CT molecular complexity index is 1380. The van der Waals surface area contributed by atoms with Gasteiger partial charge in [0.05, 0.1) is 24.5 Å². The van der Waals surface area contributed by atoms with Gasteiger partial charge in [-0.25, -0.2) is 0 Å². The van der Waals surface area contributed by atoms with Crippen LogP contribution in [0.15, 0.2) is 52.3 Å². The predicted octanol–water partition coefficient (Wildman–Crippen LogP) is 4.94. The Balaban J connectivity index is 1.39. The second-order valence-corrected chi connectivity index (χ2v) is 15.3. The quantitative estimate of drug-likeness (QED) is 0.188. The van der Waals surface area contributed by atoms with Gasteiger partial charge in [-0.15, -0.1) is 0 Å². The minimum Gasteiger partial charge on any atom is -0.462 e. The molecule has 0 radical (unpaired) electrons. The number of hydrogen-bond donors (Lipinski definition) is 2. The molecule has 12 atom stereocenters. The van der Waals surface area contributed by atoms with Crippen LogP contribution in [-0.2, 0) is 33.3 Å². The molecule has 2 N–H and O–H groups in total. The van der Waals surface area contributed by atoms with Gasteiger partial charge in [-0.1, -0.05) is 68.8 Å². The van der Waals surface area contributed by atoms with E-state index in [9.17, 15) is 15.0 Å². The third-order valence-electron chi connectivity index (χ3n) is 11.0. The van der Waals surface area contributed by atoms with Crippen molar-refractivity contribution in [3.63, 3.8) is 0 Å². The molecule has 0 aromatic carbocycles. The van der Waals surface area contributed by atoms with Crippen molar-refractivity contribution in [1.29, 1.82) is 0 Å². The van der Waals surface area contributed by atoms with Gasteiger partial charge in [0.15, 0.2) is 5.79 Å². The summed E-state index contributed by atoms with van der Waals surface area (Å²) in [5, 5.41) is 28.0. The first-order chi connectivity index (χ1) is 22.2. The zero-order valence-electron chi connectivity index (χ0n) is 29.1. The van der Waals surface area contributed by atoms with Crippen molar-refractivity contribution >= 4 is 11.7 Å². The fourth-order valence-electron chi connectivity index (χ4n) is 8.67. The minimum absolute atomic E-state index is 0.0418. The van der Waals surface area contributed by atoms with Gasteiger partial charge < -0.3 is 38.7 Å². The molecule has 5 fully saturated rings. The molecule has 47 heavy (non-hydrogen) atoms. The van der Waals surface area contributed by atoms with Crippen LogP contribution < -0.4 is 0 Å². The van der Waals surface area contributed by atoms with E-state index in [0.717, 1.165) is 17.7 Å². The molecule has 6 aliphatic rings. The van der Waals surface area contributed by atoms with Gasteiger partial charge in [-0.3, -0.25) is 4.79 Å². The maximum atomic E-state index is 14.3. The summed E-state index contributed by atoms with van der Waals surface area (Å²) in [7, 11) is 1.55. The van der Waals surface area contributed by atoms with Crippen LogP contribution in [0.4, 0.5) is 0 Å². The van der Waals surface area contributed by atoms with E-state index in [1.54, 1.807) is 14.0 Å². The van der Waals surface area contributed by atoms with Crippen molar-refractivity contribution in [2.75, 3.05) is 13.7 Å². The van der Waals surface area contributed by atoms with Crippen LogP contribution in [0.25, 0.3) is 0 Å². The van der Waals surface area contributed by atoms with E-state index < -0.39 is 53.3 Å². The van der Waals surface area contributed by atoms with Crippen LogP contribution in [0.2, 0.25) is 0 Å². The lowest BCUT2D eigenvalue weighted by molar-refractivity contribution is -0.313. The fraction of sp³-hybridized carbons (Fsp3) is 0.730. The van der Waals surface area contributed by atoms with Crippen LogP contribution in [0.3, 0.4) is 0 Å². The number of esters is 1. The van der Waals surface area contributed by atoms with Crippen LogP contribution in [-0.4, -0.2) is 89.2 Å². The number of epoxide rings is 1. The van der Waals surface area contributed by atoms with Crippen molar-refractivity contribution in [3.05, 3.63) is 47.1 Å². The number of allylic oxidation sites excluding steroid dienone is 5. The number of ether oxygens (including phenoxy) is 5. The van der Waals surface area contributed by atoms with Crippen molar-refractivity contribution in [2.45, 2.75) is 134 Å². The number of aliphatic hydroxyl groups is 2. The standard InChI is InChI=1S/C37H53NO9/c1-20(2)14-23(5)30-24(6)28(38-42-8)18-36(46-30)17-27-16-26(45-36)13-12-22(4)15-21(3)10-9-11-25-19-43-33-31(39)35(7)32(47-35)29(34(40)44-27)37(25,33)41/h9-12,14,20-21,24,26-27,29-33,39,41H,13,15-19H2,1-8H3/b10-9-,22-12-,23-14+,25-11?,38-28-/t21-,24-,26?,27-,29-,30+,31-,32+,33+,35-,36-,37+/m0/s1. The summed E-state index contributed by atoms with van der Waals surface area (Å²) in [5.41, 5.74) is 0.894. The number of carbonyl (C=O) groups excluding carboxylic acids is 1. The second-order valence-electron chi connectivity index (χ2n) is 15.3. The molecule has 10 nitrogen and oxygen atoms in total. The highest BCUT2D eigenvalue weighted by Gasteiger charge is 2.78. The molecule has 10 heteroatoms. The number of aliphatic hydroxyl groups excluding tert-OH is 1. The highest BCUT2D eigenvalue weighted by Crippen LogP contribution is 2.59. The number of hydrogen-bond acceptors (Lipinski definition) is 10. The number of rotatable bonds is 3. The van der Waals surface area contributed by atoms with Crippen LogP contribution in [0, 0.1) is 23.7 Å². The molecule has 0 amide bonds. The van der Waals surface area contributed by atoms with Crippen molar-refractivity contribution < 1.29 is 43.5 Å². The van der Waals surface area contributed by atoms with Crippen molar-refractivity contribution in [1.82, 2.24) is 0 Å². The number of oxime groups is 1. The first kappa shape index (κ1) is 34.5. The van der Waals surface area contributed by atoms with Gasteiger partial charge in [-0.2, -0.15) is 0 Å². The van der Waals surface area contributed by atoms with E-state index >= 15 is 0 Å². The van der Waals surface area contributed by atoms with E-state index in [4.69, 9.17) is 28.5 Å². The minimum atomic E-state index is -1.78. The molecule has 5 heterocycles. The van der Waals surface area contributed by atoms with E-state index in [1.807, 2.05) is 12.2 Å². The summed E-state index contributed by atoms with van der Waals surface area (Å²) in [4.78, 5) is 19.6. The summed E-state index contributed by atoms with van der Waals surface area (Å²) in [6.45, 7) is 14.6. The number of fused-ring (bicyclic) bond motifs is 4. The Morgan fingerprint density at radius 2 is 1.94 bits per heavy atom. The highest BCUT2D eigenvalue weighted by atomic mass is 16.7. The molecule has 1 spiro atoms. The molecule has 1 unspecified atom stereocenters. The first-order valence-corrected chi connectivity index (χ1v) is 17.3. The lowest BCUT2D eigenvalue weighted by Crippen LogP contribution is -2.64. The number of nitrogens with zero attached hydrogens (tertiary/aromatic N) is 1. The molecule has 1 aliphatic carbocycles. The summed E-state index contributed by atoms with van der Waals surface area (Å²) in [6.07, 6.45) is 8.84. The van der Waals surface area contributed by atoms with Gasteiger partial charge >= 0.3 is 5.97 Å². The first-order valence-electron chi connectivity index (χ1n) is 17.3. The topological polar surface area (TPSA) is 129 Å². The molecule has 0 aromatic rings. The Hall–Kier alpha value is -2.34. The highest BCUT2D eigenvalue weighted by molar-refractivity contribution is 5.88. The lowest BCUT2D eigenvalue weighted by Gasteiger charge is -2.50. The van der Waals surface area contributed by atoms with Crippen molar-refractivity contribution in [2.24, 2.45) is 28.8 Å². The Morgan fingerprint density at radius 1 is 1.17 bits per heavy atom. The van der Waals surface area contributed by atoms with E-state index in [2.05, 4.69) is 64.9 Å². The molecule has 4 saturated heterocycles. The fourth-order valence-corrected chi connectivity index (χ4v) is 8.67. The SMILES string of the molecule is CO/N=C1/C[C@]2(C[C@@H]3CC(C/C=C(/C)C[C@@H](C)/C=C\C=C4CO[C@@H]5[C@H](O)[C@]6(C)O[C@@H]6[C@@H](C(=O)O3)[C@]45O)O2)O[C@H](/C(C)=C/C(C)C)[C@H]1C. The van der Waals surface area contributed by atoms with Gasteiger partial charge in [0.25, 0.3) is 0 Å². The van der Waals surface area contributed by atoms with Crippen molar-refractivity contribution in [3.8, 4) is 0 Å². The van der Waals surface area contributed by atoms with Gasteiger partial charge in [0, 0.05) is 25.2 Å². The molecular formula is C37H53NO9. The van der Waals surface area contributed by atoms with E-state index in [0.29, 0.717) is 30.8 Å². The Labute approximate surface area is 278 Å². The zero-order valence-corrected chi connectivity index (χ0v) is 29.1. The molecule has 6 rings (SSSR count). The van der Waals surface area contributed by atoms with Crippen LogP contribution >= 0.6 is 0 Å². The van der Waals surface area contributed by atoms with Crippen LogP contribution in [0.5, 0.6) is 0 Å². The normalized spacial score (nSPS) is 48.2. The average molecular weight is 656 g/mol. The lowest BCUT2D eigenvalue weighted by atomic mass is 9.66. The number of carbonyl (C=O) groups is 1. The smallest absolute Gasteiger partial charge is 0.315 e. The third-order valence-corrected chi connectivity index (χ3v) is 11.0. The molecule has 260 valence electrons. The maximum absolute atomic E-state index is 14.3. The summed E-state index contributed by atoms with van der Waals surface area (Å²) in [5.74, 6) is -2.24. The van der Waals surface area contributed by atoms with E-state index in [1.165, 1.54) is 5.57 Å².